The van der Waals surface area contributed by atoms with Crippen LogP contribution in [0.2, 0.25) is 0 Å². The van der Waals surface area contributed by atoms with Gasteiger partial charge < -0.3 is 11.1 Å². The summed E-state index contributed by atoms with van der Waals surface area (Å²) in [5, 5.41) is 13.5. The van der Waals surface area contributed by atoms with Gasteiger partial charge in [0.2, 0.25) is 5.91 Å². The summed E-state index contributed by atoms with van der Waals surface area (Å²) < 4.78 is 0. The highest BCUT2D eigenvalue weighted by Gasteiger charge is 2.23. The lowest BCUT2D eigenvalue weighted by molar-refractivity contribution is -0.166. The molecule has 0 aromatic heterocycles. The van der Waals surface area contributed by atoms with Crippen molar-refractivity contribution in [1.29, 1.82) is 0 Å². The van der Waals surface area contributed by atoms with Crippen molar-refractivity contribution >= 4 is 11.8 Å². The smallest absolute Gasteiger partial charge is 0.251 e. The van der Waals surface area contributed by atoms with Crippen LogP contribution < -0.4 is 11.1 Å². The van der Waals surface area contributed by atoms with Crippen LogP contribution in [-0.2, 0) is 11.2 Å². The zero-order chi connectivity index (χ0) is 22.2. The fourth-order valence-electron chi connectivity index (χ4n) is 4.12. The third kappa shape index (κ3) is 6.64. The molecule has 1 fully saturated rings. The number of carbonyl (C=O) groups excluding carboxylic acids is 2. The van der Waals surface area contributed by atoms with Crippen LogP contribution in [0.15, 0.2) is 48.5 Å². The van der Waals surface area contributed by atoms with Crippen molar-refractivity contribution in [2.75, 3.05) is 13.1 Å². The molecule has 6 nitrogen and oxygen atoms in total. The van der Waals surface area contributed by atoms with Gasteiger partial charge in [-0.05, 0) is 60.4 Å². The lowest BCUT2D eigenvalue weighted by Gasteiger charge is -2.27. The van der Waals surface area contributed by atoms with Crippen LogP contribution in [0.4, 0.5) is 0 Å². The first-order chi connectivity index (χ1) is 15.0. The van der Waals surface area contributed by atoms with Crippen molar-refractivity contribution < 1.29 is 14.8 Å². The SMILES string of the molecule is CCc1ccc(-c2ccc(C(=O)NCCN(O)C(=O)CC3CCCC(N)C3)cc2)cc1. The number of aryl methyl sites for hydroxylation is 1. The molecule has 1 aliphatic carbocycles. The molecule has 166 valence electrons. The fourth-order valence-corrected chi connectivity index (χ4v) is 4.12. The van der Waals surface area contributed by atoms with Crippen LogP contribution in [0.5, 0.6) is 0 Å². The average molecular weight is 424 g/mol. The molecule has 0 bridgehead atoms. The number of carbonyl (C=O) groups is 2. The molecule has 0 saturated heterocycles. The molecule has 2 amide bonds. The molecule has 6 heteroatoms. The van der Waals surface area contributed by atoms with Gasteiger partial charge in [-0.15, -0.1) is 0 Å². The summed E-state index contributed by atoms with van der Waals surface area (Å²) in [6.45, 7) is 2.37. The Balaban J connectivity index is 1.44. The topological polar surface area (TPSA) is 95.7 Å². The molecule has 2 aromatic carbocycles. The predicted molar refractivity (Wildman–Crippen MR) is 122 cm³/mol. The molecule has 4 N–H and O–H groups in total. The van der Waals surface area contributed by atoms with Gasteiger partial charge in [0.05, 0.1) is 6.54 Å². The van der Waals surface area contributed by atoms with Crippen LogP contribution >= 0.6 is 0 Å². The third-order valence-electron chi connectivity index (χ3n) is 6.03. The van der Waals surface area contributed by atoms with Crippen molar-refractivity contribution in [1.82, 2.24) is 10.4 Å². The van der Waals surface area contributed by atoms with E-state index >= 15 is 0 Å². The highest BCUT2D eigenvalue weighted by molar-refractivity contribution is 5.94. The van der Waals surface area contributed by atoms with Crippen molar-refractivity contribution in [2.45, 2.75) is 51.5 Å². The first kappa shape index (κ1) is 23.0. The molecule has 0 spiro atoms. The Morgan fingerprint density at radius 3 is 2.32 bits per heavy atom. The zero-order valence-corrected chi connectivity index (χ0v) is 18.2. The molecule has 0 radical (unpaired) electrons. The van der Waals surface area contributed by atoms with Gasteiger partial charge in [-0.3, -0.25) is 14.8 Å². The highest BCUT2D eigenvalue weighted by atomic mass is 16.5. The maximum Gasteiger partial charge on any atom is 0.251 e. The Kier molecular flexibility index (Phi) is 8.20. The van der Waals surface area contributed by atoms with Crippen LogP contribution in [-0.4, -0.2) is 41.2 Å². The molecular weight excluding hydrogens is 390 g/mol. The molecular formula is C25H33N3O3. The largest absolute Gasteiger partial charge is 0.350 e. The van der Waals surface area contributed by atoms with E-state index in [1.807, 2.05) is 12.1 Å². The maximum absolute atomic E-state index is 12.4. The van der Waals surface area contributed by atoms with Gasteiger partial charge in [0, 0.05) is 24.6 Å². The van der Waals surface area contributed by atoms with E-state index in [4.69, 9.17) is 5.73 Å². The van der Waals surface area contributed by atoms with Crippen LogP contribution in [0, 0.1) is 5.92 Å². The number of nitrogens with zero attached hydrogens (tertiary/aromatic N) is 1. The minimum absolute atomic E-state index is 0.0607. The fraction of sp³-hybridized carbons (Fsp3) is 0.440. The van der Waals surface area contributed by atoms with Gasteiger partial charge in [-0.25, -0.2) is 5.06 Å². The zero-order valence-electron chi connectivity index (χ0n) is 18.2. The normalized spacial score (nSPS) is 18.4. The number of benzene rings is 2. The second kappa shape index (κ2) is 11.1. The Bertz CT molecular complexity index is 865. The molecule has 0 heterocycles. The van der Waals surface area contributed by atoms with Gasteiger partial charge in [-0.1, -0.05) is 49.7 Å². The van der Waals surface area contributed by atoms with Crippen LogP contribution in [0.3, 0.4) is 0 Å². The minimum atomic E-state index is -0.313. The van der Waals surface area contributed by atoms with E-state index in [0.717, 1.165) is 43.2 Å². The summed E-state index contributed by atoms with van der Waals surface area (Å²) in [5.74, 6) is -0.309. The van der Waals surface area contributed by atoms with E-state index in [0.29, 0.717) is 17.0 Å². The summed E-state index contributed by atoms with van der Waals surface area (Å²) >= 11 is 0. The van der Waals surface area contributed by atoms with E-state index in [2.05, 4.69) is 36.5 Å². The number of nitrogens with one attached hydrogen (secondary N) is 1. The molecule has 3 rings (SSSR count). The average Bonchev–Trinajstić information content (AvgIpc) is 2.79. The van der Waals surface area contributed by atoms with E-state index in [-0.39, 0.29) is 36.9 Å². The molecule has 2 aromatic rings. The summed E-state index contributed by atoms with van der Waals surface area (Å²) in [6, 6.07) is 16.0. The third-order valence-corrected chi connectivity index (χ3v) is 6.03. The predicted octanol–water partition coefficient (Wildman–Crippen LogP) is 3.77. The molecule has 1 aliphatic rings. The van der Waals surface area contributed by atoms with E-state index in [9.17, 15) is 14.8 Å². The summed E-state index contributed by atoms with van der Waals surface area (Å²) in [7, 11) is 0. The lowest BCUT2D eigenvalue weighted by atomic mass is 9.84. The Hall–Kier alpha value is -2.70. The number of hydrogen-bond donors (Lipinski definition) is 3. The van der Waals surface area contributed by atoms with Gasteiger partial charge in [-0.2, -0.15) is 0 Å². The Morgan fingerprint density at radius 2 is 1.71 bits per heavy atom. The maximum atomic E-state index is 12.4. The molecule has 0 aliphatic heterocycles. The van der Waals surface area contributed by atoms with Crippen LogP contribution in [0.1, 0.15) is 54.9 Å². The van der Waals surface area contributed by atoms with Crippen molar-refractivity contribution in [2.24, 2.45) is 11.7 Å². The first-order valence-corrected chi connectivity index (χ1v) is 11.2. The van der Waals surface area contributed by atoms with E-state index in [1.54, 1.807) is 12.1 Å². The molecule has 31 heavy (non-hydrogen) atoms. The summed E-state index contributed by atoms with van der Waals surface area (Å²) in [5.41, 5.74) is 9.96. The number of rotatable bonds is 8. The quantitative estimate of drug-likeness (QED) is 0.445. The number of hydrogen-bond acceptors (Lipinski definition) is 4. The highest BCUT2D eigenvalue weighted by Crippen LogP contribution is 2.26. The lowest BCUT2D eigenvalue weighted by Crippen LogP contribution is -2.38. The van der Waals surface area contributed by atoms with E-state index in [1.165, 1.54) is 5.56 Å². The molecule has 2 atom stereocenters. The standard InChI is InChI=1S/C25H33N3O3/c1-2-18-6-8-20(9-7-18)21-10-12-22(13-11-21)25(30)27-14-15-28(31)24(29)17-19-4-3-5-23(26)16-19/h6-13,19,23,31H,2-5,14-17,26H2,1H3,(H,27,30). The van der Waals surface area contributed by atoms with Crippen LogP contribution in [0.25, 0.3) is 11.1 Å². The summed E-state index contributed by atoms with van der Waals surface area (Å²) in [4.78, 5) is 24.6. The Morgan fingerprint density at radius 1 is 1.06 bits per heavy atom. The Labute approximate surface area is 184 Å². The number of nitrogens with two attached hydrogens (primary N) is 1. The number of amides is 2. The monoisotopic (exact) mass is 423 g/mol. The van der Waals surface area contributed by atoms with Crippen molar-refractivity contribution in [3.05, 3.63) is 59.7 Å². The second-order valence-electron chi connectivity index (χ2n) is 8.40. The number of hydroxylamine groups is 2. The molecule has 2 unspecified atom stereocenters. The molecule has 1 saturated carbocycles. The van der Waals surface area contributed by atoms with Crippen molar-refractivity contribution in [3.8, 4) is 11.1 Å². The van der Waals surface area contributed by atoms with Gasteiger partial charge >= 0.3 is 0 Å². The van der Waals surface area contributed by atoms with Gasteiger partial charge in [0.15, 0.2) is 0 Å². The minimum Gasteiger partial charge on any atom is -0.350 e. The van der Waals surface area contributed by atoms with E-state index < -0.39 is 0 Å². The summed E-state index contributed by atoms with van der Waals surface area (Å²) in [6.07, 6.45) is 5.15. The first-order valence-electron chi connectivity index (χ1n) is 11.2. The van der Waals surface area contributed by atoms with Gasteiger partial charge in [0.25, 0.3) is 5.91 Å². The van der Waals surface area contributed by atoms with Gasteiger partial charge in [0.1, 0.15) is 0 Å². The van der Waals surface area contributed by atoms with Crippen molar-refractivity contribution in [3.63, 3.8) is 0 Å². The second-order valence-corrected chi connectivity index (χ2v) is 8.40.